The molecule has 7 nitrogen and oxygen atoms in total. The molecule has 0 saturated carbocycles. The van der Waals surface area contributed by atoms with Gasteiger partial charge in [-0.2, -0.15) is 5.26 Å². The summed E-state index contributed by atoms with van der Waals surface area (Å²) in [4.78, 5) is 27.6. The summed E-state index contributed by atoms with van der Waals surface area (Å²) in [5, 5.41) is 12.1. The molecule has 2 heterocycles. The first-order valence-electron chi connectivity index (χ1n) is 10.8. The normalized spacial score (nSPS) is 22.5. The van der Waals surface area contributed by atoms with Gasteiger partial charge in [0.1, 0.15) is 28.7 Å². The third kappa shape index (κ3) is 4.01. The third-order valence-corrected chi connectivity index (χ3v) is 5.94. The molecule has 2 saturated heterocycles. The van der Waals surface area contributed by atoms with Gasteiger partial charge in [0.25, 0.3) is 0 Å². The standard InChI is InChI=1S/C25H27N3O4/c1-24(2,3)32-23(30)28-20(12-13-25(28)14-15-27-22(25)29)17-8-10-19(11-9-17)31-21-7-5-4-6-18(21)16-26/h4-11,20H,12-15H2,1-3H3,(H,27,29)/t20-,25-/m1/s1. The van der Waals surface area contributed by atoms with Crippen LogP contribution in [0, 0.1) is 11.3 Å². The molecular weight excluding hydrogens is 406 g/mol. The van der Waals surface area contributed by atoms with Crippen molar-refractivity contribution in [3.63, 3.8) is 0 Å². The zero-order chi connectivity index (χ0) is 22.9. The quantitative estimate of drug-likeness (QED) is 0.759. The average Bonchev–Trinajstić information content (AvgIpc) is 3.31. The number of nitrogens with one attached hydrogen (secondary N) is 1. The molecule has 7 heteroatoms. The minimum atomic E-state index is -0.867. The molecule has 2 aliphatic heterocycles. The van der Waals surface area contributed by atoms with Crippen LogP contribution in [0.15, 0.2) is 48.5 Å². The maximum absolute atomic E-state index is 13.2. The Morgan fingerprint density at radius 2 is 1.88 bits per heavy atom. The molecule has 1 N–H and O–H groups in total. The molecule has 2 aromatic rings. The van der Waals surface area contributed by atoms with Crippen molar-refractivity contribution in [1.82, 2.24) is 10.2 Å². The molecule has 2 amide bonds. The molecule has 2 aromatic carbocycles. The highest BCUT2D eigenvalue weighted by Crippen LogP contribution is 2.47. The second kappa shape index (κ2) is 8.19. The van der Waals surface area contributed by atoms with Crippen molar-refractivity contribution < 1.29 is 19.1 Å². The van der Waals surface area contributed by atoms with Gasteiger partial charge in [-0.3, -0.25) is 9.69 Å². The SMILES string of the molecule is CC(C)(C)OC(=O)N1[C@@H](c2ccc(Oc3ccccc3C#N)cc2)CC[C@]12CCNC2=O. The molecule has 2 atom stereocenters. The molecule has 2 fully saturated rings. The second-order valence-electron chi connectivity index (χ2n) is 9.22. The topological polar surface area (TPSA) is 91.7 Å². The lowest BCUT2D eigenvalue weighted by molar-refractivity contribution is -0.129. The van der Waals surface area contributed by atoms with Crippen LogP contribution < -0.4 is 10.1 Å². The van der Waals surface area contributed by atoms with Crippen LogP contribution in [0.5, 0.6) is 11.5 Å². The van der Waals surface area contributed by atoms with E-state index in [4.69, 9.17) is 9.47 Å². The van der Waals surface area contributed by atoms with Gasteiger partial charge in [-0.15, -0.1) is 0 Å². The summed E-state index contributed by atoms with van der Waals surface area (Å²) >= 11 is 0. The number of carbonyl (C=O) groups is 2. The van der Waals surface area contributed by atoms with Crippen molar-refractivity contribution in [2.75, 3.05) is 6.54 Å². The van der Waals surface area contributed by atoms with Crippen LogP contribution >= 0.6 is 0 Å². The third-order valence-electron chi connectivity index (χ3n) is 5.94. The summed E-state index contributed by atoms with van der Waals surface area (Å²) in [7, 11) is 0. The van der Waals surface area contributed by atoms with E-state index >= 15 is 0 Å². The summed E-state index contributed by atoms with van der Waals surface area (Å²) in [5.41, 5.74) is -0.161. The van der Waals surface area contributed by atoms with Gasteiger partial charge in [0.05, 0.1) is 11.6 Å². The highest BCUT2D eigenvalue weighted by molar-refractivity contribution is 5.92. The van der Waals surface area contributed by atoms with Gasteiger partial charge in [0.15, 0.2) is 0 Å². The van der Waals surface area contributed by atoms with Gasteiger partial charge >= 0.3 is 6.09 Å². The fourth-order valence-electron chi connectivity index (χ4n) is 4.51. The van der Waals surface area contributed by atoms with E-state index in [2.05, 4.69) is 11.4 Å². The molecule has 0 bridgehead atoms. The first kappa shape index (κ1) is 21.7. The first-order chi connectivity index (χ1) is 15.2. The zero-order valence-electron chi connectivity index (χ0n) is 18.6. The summed E-state index contributed by atoms with van der Waals surface area (Å²) in [6.45, 7) is 6.02. The minimum absolute atomic E-state index is 0.112. The highest BCUT2D eigenvalue weighted by atomic mass is 16.6. The van der Waals surface area contributed by atoms with Gasteiger partial charge < -0.3 is 14.8 Å². The number of carbonyl (C=O) groups excluding carboxylic acids is 2. The van der Waals surface area contributed by atoms with Crippen LogP contribution in [0.4, 0.5) is 4.79 Å². The fraction of sp³-hybridized carbons (Fsp3) is 0.400. The van der Waals surface area contributed by atoms with E-state index in [1.54, 1.807) is 23.1 Å². The van der Waals surface area contributed by atoms with Crippen molar-refractivity contribution in [2.24, 2.45) is 0 Å². The Hall–Kier alpha value is -3.53. The Labute approximate surface area is 187 Å². The van der Waals surface area contributed by atoms with Crippen molar-refractivity contribution in [3.8, 4) is 17.6 Å². The van der Waals surface area contributed by atoms with Crippen molar-refractivity contribution >= 4 is 12.0 Å². The number of benzene rings is 2. The van der Waals surface area contributed by atoms with Gasteiger partial charge in [0.2, 0.25) is 5.91 Å². The lowest BCUT2D eigenvalue weighted by Gasteiger charge is -2.37. The number of nitrogens with zero attached hydrogens (tertiary/aromatic N) is 2. The monoisotopic (exact) mass is 433 g/mol. The van der Waals surface area contributed by atoms with Crippen LogP contribution in [0.2, 0.25) is 0 Å². The highest BCUT2D eigenvalue weighted by Gasteiger charge is 2.57. The van der Waals surface area contributed by atoms with Gasteiger partial charge in [-0.25, -0.2) is 4.79 Å². The molecule has 0 aromatic heterocycles. The van der Waals surface area contributed by atoms with Crippen molar-refractivity contribution in [2.45, 2.75) is 57.2 Å². The van der Waals surface area contributed by atoms with E-state index in [1.165, 1.54) is 0 Å². The Kier molecular flexibility index (Phi) is 5.55. The first-order valence-corrected chi connectivity index (χ1v) is 10.8. The summed E-state index contributed by atoms with van der Waals surface area (Å²) in [5.74, 6) is 0.964. The number of rotatable bonds is 3. The number of para-hydroxylation sites is 1. The molecule has 2 aliphatic rings. The molecule has 0 unspecified atom stereocenters. The van der Waals surface area contributed by atoms with Gasteiger partial charge in [0, 0.05) is 6.54 Å². The van der Waals surface area contributed by atoms with Gasteiger partial charge in [-0.1, -0.05) is 24.3 Å². The van der Waals surface area contributed by atoms with E-state index in [0.29, 0.717) is 42.9 Å². The van der Waals surface area contributed by atoms with Crippen LogP contribution in [-0.2, 0) is 9.53 Å². The fourth-order valence-corrected chi connectivity index (χ4v) is 4.51. The Bertz CT molecular complexity index is 1070. The Morgan fingerprint density at radius 3 is 2.50 bits per heavy atom. The van der Waals surface area contributed by atoms with Gasteiger partial charge in [-0.05, 0) is 69.9 Å². The summed E-state index contributed by atoms with van der Waals surface area (Å²) in [6.07, 6.45) is 1.37. The van der Waals surface area contributed by atoms with Crippen LogP contribution in [0.3, 0.4) is 0 Å². The van der Waals surface area contributed by atoms with Crippen molar-refractivity contribution in [3.05, 3.63) is 59.7 Å². The predicted molar refractivity (Wildman–Crippen MR) is 118 cm³/mol. The van der Waals surface area contributed by atoms with E-state index < -0.39 is 17.2 Å². The minimum Gasteiger partial charge on any atom is -0.456 e. The Balaban J connectivity index is 1.60. The lowest BCUT2D eigenvalue weighted by Crippen LogP contribution is -2.54. The molecule has 1 spiro atoms. The number of hydrogen-bond acceptors (Lipinski definition) is 5. The maximum Gasteiger partial charge on any atom is 0.411 e. The average molecular weight is 434 g/mol. The molecule has 0 aliphatic carbocycles. The molecule has 166 valence electrons. The van der Waals surface area contributed by atoms with E-state index in [-0.39, 0.29) is 11.9 Å². The number of nitriles is 1. The predicted octanol–water partition coefficient (Wildman–Crippen LogP) is 4.68. The summed E-state index contributed by atoms with van der Waals surface area (Å²) < 4.78 is 11.6. The molecular formula is C25H27N3O4. The lowest BCUT2D eigenvalue weighted by atomic mass is 9.94. The zero-order valence-corrected chi connectivity index (χ0v) is 18.6. The maximum atomic E-state index is 13.2. The second-order valence-corrected chi connectivity index (χ2v) is 9.22. The van der Waals surface area contributed by atoms with Crippen LogP contribution in [0.1, 0.15) is 57.2 Å². The molecule has 0 radical (unpaired) electrons. The summed E-state index contributed by atoms with van der Waals surface area (Å²) in [6, 6.07) is 16.3. The smallest absolute Gasteiger partial charge is 0.411 e. The number of ether oxygens (including phenoxy) is 2. The van der Waals surface area contributed by atoms with E-state index in [0.717, 1.165) is 5.56 Å². The van der Waals surface area contributed by atoms with E-state index in [9.17, 15) is 14.9 Å². The van der Waals surface area contributed by atoms with Crippen LogP contribution in [-0.4, -0.2) is 34.6 Å². The molecule has 32 heavy (non-hydrogen) atoms. The number of amides is 2. The van der Waals surface area contributed by atoms with Crippen molar-refractivity contribution in [1.29, 1.82) is 5.26 Å². The Morgan fingerprint density at radius 1 is 1.16 bits per heavy atom. The van der Waals surface area contributed by atoms with E-state index in [1.807, 2.05) is 51.1 Å². The largest absolute Gasteiger partial charge is 0.456 e. The number of likely N-dealkylation sites (tertiary alicyclic amines) is 1. The van der Waals surface area contributed by atoms with Crippen LogP contribution in [0.25, 0.3) is 0 Å². The number of hydrogen-bond donors (Lipinski definition) is 1. The molecule has 4 rings (SSSR count).